The number of hydrogen-bond acceptors (Lipinski definition) is 3. The fourth-order valence-corrected chi connectivity index (χ4v) is 2.59. The van der Waals surface area contributed by atoms with E-state index in [0.717, 1.165) is 19.4 Å². The van der Waals surface area contributed by atoms with Gasteiger partial charge in [-0.15, -0.1) is 0 Å². The van der Waals surface area contributed by atoms with Gasteiger partial charge in [0.25, 0.3) is 0 Å². The number of hydrogen-bond donors (Lipinski definition) is 1. The van der Waals surface area contributed by atoms with Crippen molar-refractivity contribution in [1.29, 1.82) is 0 Å². The molecule has 1 aliphatic heterocycles. The van der Waals surface area contributed by atoms with E-state index in [1.54, 1.807) is 12.1 Å². The third-order valence-electron chi connectivity index (χ3n) is 3.51. The second-order valence-corrected chi connectivity index (χ2v) is 5.52. The first-order valence-electron chi connectivity index (χ1n) is 6.96. The minimum Gasteiger partial charge on any atom is -0.493 e. The second-order valence-electron chi connectivity index (χ2n) is 5.09. The van der Waals surface area contributed by atoms with Crippen LogP contribution in [0.5, 0.6) is 5.75 Å². The molecule has 0 spiro atoms. The normalized spacial score (nSPS) is 18.9. The lowest BCUT2D eigenvalue weighted by Crippen LogP contribution is -2.41. The summed E-state index contributed by atoms with van der Waals surface area (Å²) in [6, 6.07) is 7.14. The van der Waals surface area contributed by atoms with Crippen molar-refractivity contribution in [3.05, 3.63) is 29.3 Å². The molecule has 0 aromatic heterocycles. The van der Waals surface area contributed by atoms with E-state index in [1.807, 2.05) is 17.0 Å². The lowest BCUT2D eigenvalue weighted by atomic mass is 9.99. The molecule has 1 aromatic rings. The van der Waals surface area contributed by atoms with Gasteiger partial charge in [0.15, 0.2) is 0 Å². The molecular formula is C15H20ClNO3. The van der Waals surface area contributed by atoms with Crippen LogP contribution in [0.15, 0.2) is 24.3 Å². The molecule has 1 amide bonds. The molecule has 0 saturated carbocycles. The van der Waals surface area contributed by atoms with Crippen LogP contribution >= 0.6 is 11.6 Å². The largest absolute Gasteiger partial charge is 0.493 e. The molecule has 1 atom stereocenters. The van der Waals surface area contributed by atoms with Gasteiger partial charge in [0.2, 0.25) is 5.91 Å². The molecule has 0 aliphatic carbocycles. The minimum atomic E-state index is 0.0881. The van der Waals surface area contributed by atoms with E-state index in [0.29, 0.717) is 30.3 Å². The van der Waals surface area contributed by atoms with Gasteiger partial charge in [-0.1, -0.05) is 17.7 Å². The second kappa shape index (κ2) is 7.50. The van der Waals surface area contributed by atoms with Gasteiger partial charge < -0.3 is 14.7 Å². The van der Waals surface area contributed by atoms with Crippen molar-refractivity contribution in [2.75, 3.05) is 26.3 Å². The summed E-state index contributed by atoms with van der Waals surface area (Å²) in [5.74, 6) is 0.990. The Morgan fingerprint density at radius 1 is 1.50 bits per heavy atom. The number of benzene rings is 1. The number of piperidine rings is 1. The van der Waals surface area contributed by atoms with Crippen LogP contribution in [0.2, 0.25) is 5.02 Å². The van der Waals surface area contributed by atoms with Crippen LogP contribution in [0, 0.1) is 5.92 Å². The third-order valence-corrected chi connectivity index (χ3v) is 3.75. The predicted octanol–water partition coefficient (Wildman–Crippen LogP) is 2.34. The summed E-state index contributed by atoms with van der Waals surface area (Å²) in [5, 5.41) is 9.79. The van der Waals surface area contributed by atoms with Crippen molar-refractivity contribution >= 4 is 17.5 Å². The first-order valence-corrected chi connectivity index (χ1v) is 7.34. The summed E-state index contributed by atoms with van der Waals surface area (Å²) in [6.07, 6.45) is 2.32. The molecule has 20 heavy (non-hydrogen) atoms. The Hall–Kier alpha value is -1.26. The zero-order valence-electron chi connectivity index (χ0n) is 11.4. The molecule has 1 N–H and O–H groups in total. The van der Waals surface area contributed by atoms with Crippen molar-refractivity contribution in [2.24, 2.45) is 5.92 Å². The van der Waals surface area contributed by atoms with E-state index in [4.69, 9.17) is 21.4 Å². The third kappa shape index (κ3) is 4.39. The average molecular weight is 298 g/mol. The van der Waals surface area contributed by atoms with Crippen molar-refractivity contribution in [3.63, 3.8) is 0 Å². The lowest BCUT2D eigenvalue weighted by molar-refractivity contribution is -0.133. The molecule has 1 fully saturated rings. The van der Waals surface area contributed by atoms with Crippen molar-refractivity contribution in [2.45, 2.75) is 19.3 Å². The van der Waals surface area contributed by atoms with E-state index < -0.39 is 0 Å². The van der Waals surface area contributed by atoms with Crippen LogP contribution in [0.1, 0.15) is 19.3 Å². The van der Waals surface area contributed by atoms with Crippen LogP contribution in [-0.2, 0) is 4.79 Å². The molecule has 1 aromatic carbocycles. The topological polar surface area (TPSA) is 49.8 Å². The summed E-state index contributed by atoms with van der Waals surface area (Å²) in [6.45, 7) is 1.95. The summed E-state index contributed by atoms with van der Waals surface area (Å²) >= 11 is 5.86. The van der Waals surface area contributed by atoms with Gasteiger partial charge in [-0.25, -0.2) is 0 Å². The maximum atomic E-state index is 12.1. The standard InChI is InChI=1S/C15H20ClNO3/c16-13-4-1-5-14(9-13)20-8-6-15(19)17-7-2-3-12(10-17)11-18/h1,4-5,9,12,18H,2-3,6-8,10-11H2. The molecule has 1 saturated heterocycles. The molecule has 0 bridgehead atoms. The molecule has 5 heteroatoms. The van der Waals surface area contributed by atoms with Gasteiger partial charge in [-0.2, -0.15) is 0 Å². The Kier molecular flexibility index (Phi) is 5.68. The van der Waals surface area contributed by atoms with Crippen LogP contribution < -0.4 is 4.74 Å². The van der Waals surface area contributed by atoms with Crippen LogP contribution in [0.3, 0.4) is 0 Å². The van der Waals surface area contributed by atoms with E-state index >= 15 is 0 Å². The van der Waals surface area contributed by atoms with Crippen LogP contribution in [0.25, 0.3) is 0 Å². The van der Waals surface area contributed by atoms with E-state index in [-0.39, 0.29) is 18.4 Å². The SMILES string of the molecule is O=C(CCOc1cccc(Cl)c1)N1CCCC(CO)C1. The molecule has 2 rings (SSSR count). The number of carbonyl (C=O) groups is 1. The Bertz CT molecular complexity index is 452. The Morgan fingerprint density at radius 3 is 3.10 bits per heavy atom. The molecule has 1 unspecified atom stereocenters. The highest BCUT2D eigenvalue weighted by Gasteiger charge is 2.22. The fraction of sp³-hybridized carbons (Fsp3) is 0.533. The summed E-state index contributed by atoms with van der Waals surface area (Å²) < 4.78 is 5.52. The molecule has 0 radical (unpaired) electrons. The van der Waals surface area contributed by atoms with Crippen molar-refractivity contribution in [3.8, 4) is 5.75 Å². The smallest absolute Gasteiger partial charge is 0.226 e. The van der Waals surface area contributed by atoms with Gasteiger partial charge in [-0.3, -0.25) is 4.79 Å². The molecule has 1 heterocycles. The minimum absolute atomic E-state index is 0.0881. The zero-order chi connectivity index (χ0) is 14.4. The van der Waals surface area contributed by atoms with Gasteiger partial charge in [0.05, 0.1) is 13.0 Å². The van der Waals surface area contributed by atoms with Crippen LogP contribution in [0.4, 0.5) is 0 Å². The van der Waals surface area contributed by atoms with Gasteiger partial charge in [0, 0.05) is 24.7 Å². The monoisotopic (exact) mass is 297 g/mol. The molecule has 110 valence electrons. The number of rotatable bonds is 5. The Balaban J connectivity index is 1.75. The summed E-state index contributed by atoms with van der Waals surface area (Å²) in [7, 11) is 0. The van der Waals surface area contributed by atoms with Crippen molar-refractivity contribution < 1.29 is 14.6 Å². The van der Waals surface area contributed by atoms with Gasteiger partial charge in [0.1, 0.15) is 5.75 Å². The quantitative estimate of drug-likeness (QED) is 0.907. The highest BCUT2D eigenvalue weighted by molar-refractivity contribution is 6.30. The highest BCUT2D eigenvalue weighted by Crippen LogP contribution is 2.18. The Labute approximate surface area is 124 Å². The first-order chi connectivity index (χ1) is 9.69. The number of nitrogens with zero attached hydrogens (tertiary/aromatic N) is 1. The number of ether oxygens (including phenoxy) is 1. The first kappa shape index (κ1) is 15.1. The average Bonchev–Trinajstić information content (AvgIpc) is 2.47. The predicted molar refractivity (Wildman–Crippen MR) is 78.0 cm³/mol. The number of likely N-dealkylation sites (tertiary alicyclic amines) is 1. The molecular weight excluding hydrogens is 278 g/mol. The molecule has 1 aliphatic rings. The van der Waals surface area contributed by atoms with E-state index in [2.05, 4.69) is 0 Å². The molecule has 4 nitrogen and oxygen atoms in total. The van der Waals surface area contributed by atoms with Crippen molar-refractivity contribution in [1.82, 2.24) is 4.90 Å². The van der Waals surface area contributed by atoms with E-state index in [1.165, 1.54) is 0 Å². The number of halogens is 1. The Morgan fingerprint density at radius 2 is 2.35 bits per heavy atom. The summed E-state index contributed by atoms with van der Waals surface area (Å²) in [5.41, 5.74) is 0. The summed E-state index contributed by atoms with van der Waals surface area (Å²) in [4.78, 5) is 13.9. The number of amides is 1. The number of aliphatic hydroxyl groups excluding tert-OH is 1. The highest BCUT2D eigenvalue weighted by atomic mass is 35.5. The fourth-order valence-electron chi connectivity index (χ4n) is 2.41. The van der Waals surface area contributed by atoms with Gasteiger partial charge >= 0.3 is 0 Å². The maximum Gasteiger partial charge on any atom is 0.226 e. The zero-order valence-corrected chi connectivity index (χ0v) is 12.2. The van der Waals surface area contributed by atoms with Gasteiger partial charge in [-0.05, 0) is 37.0 Å². The van der Waals surface area contributed by atoms with E-state index in [9.17, 15) is 4.79 Å². The van der Waals surface area contributed by atoms with Crippen LogP contribution in [-0.4, -0.2) is 42.2 Å². The maximum absolute atomic E-state index is 12.1. The number of carbonyl (C=O) groups excluding carboxylic acids is 1. The number of aliphatic hydroxyl groups is 1. The lowest BCUT2D eigenvalue weighted by Gasteiger charge is -2.31.